The first-order valence-corrected chi connectivity index (χ1v) is 12.3. The van der Waals surface area contributed by atoms with E-state index in [0.717, 1.165) is 22.6 Å². The fourth-order valence-corrected chi connectivity index (χ4v) is 4.46. The Labute approximate surface area is 212 Å². The van der Waals surface area contributed by atoms with Crippen LogP contribution >= 0.6 is 35.0 Å². The number of halogens is 2. The number of aromatic nitrogens is 3. The number of thioether (sulfide) groups is 1. The van der Waals surface area contributed by atoms with Crippen molar-refractivity contribution in [1.29, 1.82) is 0 Å². The molecule has 0 spiro atoms. The third-order valence-corrected chi connectivity index (χ3v) is 6.36. The Morgan fingerprint density at radius 3 is 2.44 bits per heavy atom. The van der Waals surface area contributed by atoms with Crippen molar-refractivity contribution >= 4 is 46.6 Å². The number of ether oxygens (including phenoxy) is 1. The minimum atomic E-state index is -0.215. The topological polar surface area (TPSA) is 69.0 Å². The van der Waals surface area contributed by atoms with Gasteiger partial charge < -0.3 is 10.1 Å². The molecular weight excluding hydrogens is 491 g/mol. The van der Waals surface area contributed by atoms with Gasteiger partial charge in [-0.15, -0.1) is 10.2 Å². The summed E-state index contributed by atoms with van der Waals surface area (Å²) in [6.07, 6.45) is 0. The second-order valence-electron chi connectivity index (χ2n) is 7.40. The van der Waals surface area contributed by atoms with Gasteiger partial charge in [0.1, 0.15) is 5.75 Å². The van der Waals surface area contributed by atoms with Crippen LogP contribution in [0.3, 0.4) is 0 Å². The summed E-state index contributed by atoms with van der Waals surface area (Å²) in [5.41, 5.74) is 3.46. The molecule has 0 aliphatic heterocycles. The molecule has 1 N–H and O–H groups in total. The van der Waals surface area contributed by atoms with Gasteiger partial charge >= 0.3 is 0 Å². The van der Waals surface area contributed by atoms with Gasteiger partial charge in [0.05, 0.1) is 23.1 Å². The van der Waals surface area contributed by atoms with Crippen LogP contribution in [0.15, 0.2) is 71.9 Å². The van der Waals surface area contributed by atoms with Crippen molar-refractivity contribution in [1.82, 2.24) is 14.8 Å². The molecule has 1 aromatic heterocycles. The minimum absolute atomic E-state index is 0.127. The van der Waals surface area contributed by atoms with E-state index in [1.807, 2.05) is 66.9 Å². The molecule has 4 rings (SSSR count). The maximum absolute atomic E-state index is 12.6. The Bertz CT molecular complexity index is 1290. The number of hydrogen-bond donors (Lipinski definition) is 1. The Kier molecular flexibility index (Phi) is 7.77. The van der Waals surface area contributed by atoms with E-state index in [2.05, 4.69) is 15.5 Å². The second-order valence-corrected chi connectivity index (χ2v) is 9.18. The van der Waals surface area contributed by atoms with Gasteiger partial charge in [-0.3, -0.25) is 9.36 Å². The highest BCUT2D eigenvalue weighted by Gasteiger charge is 2.18. The Hall–Kier alpha value is -3.00. The second kappa shape index (κ2) is 11.0. The first kappa shape index (κ1) is 24.1. The summed E-state index contributed by atoms with van der Waals surface area (Å²) < 4.78 is 7.51. The molecule has 0 unspecified atom stereocenters. The number of hydrogen-bond acceptors (Lipinski definition) is 5. The lowest BCUT2D eigenvalue weighted by molar-refractivity contribution is -0.113. The summed E-state index contributed by atoms with van der Waals surface area (Å²) in [6, 6.07) is 20.7. The lowest BCUT2D eigenvalue weighted by Crippen LogP contribution is -2.15. The molecular formula is C25H22Cl2N4O2S. The summed E-state index contributed by atoms with van der Waals surface area (Å²) in [5, 5.41) is 13.1. The predicted octanol–water partition coefficient (Wildman–Crippen LogP) is 6.68. The van der Waals surface area contributed by atoms with Gasteiger partial charge in [-0.2, -0.15) is 0 Å². The molecule has 0 aliphatic rings. The van der Waals surface area contributed by atoms with Crippen molar-refractivity contribution < 1.29 is 9.53 Å². The van der Waals surface area contributed by atoms with Crippen molar-refractivity contribution in [3.8, 4) is 22.8 Å². The van der Waals surface area contributed by atoms with Crippen molar-refractivity contribution in [3.05, 3.63) is 82.3 Å². The van der Waals surface area contributed by atoms with E-state index >= 15 is 0 Å². The van der Waals surface area contributed by atoms with Gasteiger partial charge in [-0.05, 0) is 56.3 Å². The maximum atomic E-state index is 12.6. The van der Waals surface area contributed by atoms with Crippen LogP contribution in [0, 0.1) is 6.92 Å². The summed E-state index contributed by atoms with van der Waals surface area (Å²) in [7, 11) is 0. The standard InChI is InChI=1S/C25H22Cl2N4O2S/c1-3-33-20-11-9-19(10-12-20)31-24(17-6-4-16(2)5-7-17)29-30-25(31)34-15-23(32)28-22-13-8-18(26)14-21(22)27/h4-14H,3,15H2,1-2H3,(H,28,32). The zero-order chi connectivity index (χ0) is 24.1. The monoisotopic (exact) mass is 512 g/mol. The Morgan fingerprint density at radius 2 is 1.76 bits per heavy atom. The summed E-state index contributed by atoms with van der Waals surface area (Å²) in [4.78, 5) is 12.6. The highest BCUT2D eigenvalue weighted by molar-refractivity contribution is 7.99. The molecule has 0 saturated carbocycles. The van der Waals surface area contributed by atoms with E-state index in [1.165, 1.54) is 11.8 Å². The SMILES string of the molecule is CCOc1ccc(-n2c(SCC(=O)Nc3ccc(Cl)cc3Cl)nnc2-c2ccc(C)cc2)cc1. The molecule has 0 bridgehead atoms. The Balaban J connectivity index is 1.60. The van der Waals surface area contributed by atoms with Crippen molar-refractivity contribution in [2.75, 3.05) is 17.7 Å². The zero-order valence-corrected chi connectivity index (χ0v) is 20.9. The third-order valence-electron chi connectivity index (χ3n) is 4.89. The van der Waals surface area contributed by atoms with Crippen LogP contribution in [0.1, 0.15) is 12.5 Å². The first-order valence-electron chi connectivity index (χ1n) is 10.6. The quantitative estimate of drug-likeness (QED) is 0.266. The summed E-state index contributed by atoms with van der Waals surface area (Å²) in [5.74, 6) is 1.38. The smallest absolute Gasteiger partial charge is 0.234 e. The fourth-order valence-electron chi connectivity index (χ4n) is 3.25. The molecule has 0 atom stereocenters. The van der Waals surface area contributed by atoms with Crippen LogP contribution in [-0.2, 0) is 4.79 Å². The molecule has 174 valence electrons. The highest BCUT2D eigenvalue weighted by Crippen LogP contribution is 2.30. The molecule has 0 aliphatic carbocycles. The average molecular weight is 513 g/mol. The van der Waals surface area contributed by atoms with Gasteiger partial charge in [-0.1, -0.05) is 64.8 Å². The molecule has 4 aromatic rings. The van der Waals surface area contributed by atoms with E-state index in [-0.39, 0.29) is 11.7 Å². The highest BCUT2D eigenvalue weighted by atomic mass is 35.5. The molecule has 0 radical (unpaired) electrons. The Morgan fingerprint density at radius 1 is 1.03 bits per heavy atom. The molecule has 9 heteroatoms. The predicted molar refractivity (Wildman–Crippen MR) is 139 cm³/mol. The number of aryl methyl sites for hydroxylation is 1. The molecule has 1 heterocycles. The van der Waals surface area contributed by atoms with Crippen molar-refractivity contribution in [2.24, 2.45) is 0 Å². The zero-order valence-electron chi connectivity index (χ0n) is 18.6. The van der Waals surface area contributed by atoms with E-state index < -0.39 is 0 Å². The maximum Gasteiger partial charge on any atom is 0.234 e. The first-order chi connectivity index (χ1) is 16.4. The van der Waals surface area contributed by atoms with E-state index in [0.29, 0.717) is 33.3 Å². The number of nitrogens with one attached hydrogen (secondary N) is 1. The number of anilines is 1. The van der Waals surface area contributed by atoms with Crippen LogP contribution in [0.4, 0.5) is 5.69 Å². The lowest BCUT2D eigenvalue weighted by Gasteiger charge is -2.12. The summed E-state index contributed by atoms with van der Waals surface area (Å²) in [6.45, 7) is 4.57. The van der Waals surface area contributed by atoms with Gasteiger partial charge in [0, 0.05) is 16.3 Å². The molecule has 3 aromatic carbocycles. The number of carbonyl (C=O) groups is 1. The van der Waals surface area contributed by atoms with Gasteiger partial charge in [-0.25, -0.2) is 0 Å². The molecule has 34 heavy (non-hydrogen) atoms. The lowest BCUT2D eigenvalue weighted by atomic mass is 10.1. The van der Waals surface area contributed by atoms with Crippen LogP contribution in [0.5, 0.6) is 5.75 Å². The number of amides is 1. The third kappa shape index (κ3) is 5.73. The number of benzene rings is 3. The van der Waals surface area contributed by atoms with Crippen molar-refractivity contribution in [2.45, 2.75) is 19.0 Å². The van der Waals surface area contributed by atoms with E-state index in [9.17, 15) is 4.79 Å². The normalized spacial score (nSPS) is 10.8. The number of rotatable bonds is 8. The number of carbonyl (C=O) groups excluding carboxylic acids is 1. The van der Waals surface area contributed by atoms with Gasteiger partial charge in [0.25, 0.3) is 0 Å². The minimum Gasteiger partial charge on any atom is -0.494 e. The molecule has 6 nitrogen and oxygen atoms in total. The number of nitrogens with zero attached hydrogens (tertiary/aromatic N) is 3. The van der Waals surface area contributed by atoms with Crippen LogP contribution in [0.25, 0.3) is 17.1 Å². The van der Waals surface area contributed by atoms with E-state index in [1.54, 1.807) is 18.2 Å². The van der Waals surface area contributed by atoms with E-state index in [4.69, 9.17) is 27.9 Å². The molecule has 1 amide bonds. The van der Waals surface area contributed by atoms with Crippen LogP contribution in [0.2, 0.25) is 10.0 Å². The van der Waals surface area contributed by atoms with Crippen LogP contribution in [-0.4, -0.2) is 33.0 Å². The van der Waals surface area contributed by atoms with Gasteiger partial charge in [0.2, 0.25) is 5.91 Å². The van der Waals surface area contributed by atoms with Crippen LogP contribution < -0.4 is 10.1 Å². The summed E-state index contributed by atoms with van der Waals surface area (Å²) >= 11 is 13.4. The van der Waals surface area contributed by atoms with Crippen molar-refractivity contribution in [3.63, 3.8) is 0 Å². The molecule has 0 fully saturated rings. The fraction of sp³-hybridized carbons (Fsp3) is 0.160. The largest absolute Gasteiger partial charge is 0.494 e. The van der Waals surface area contributed by atoms with Gasteiger partial charge in [0.15, 0.2) is 11.0 Å². The average Bonchev–Trinajstić information content (AvgIpc) is 3.25. The molecule has 0 saturated heterocycles.